The van der Waals surface area contributed by atoms with Crippen molar-refractivity contribution < 1.29 is 24.2 Å². The molecule has 6 nitrogen and oxygen atoms in total. The van der Waals surface area contributed by atoms with E-state index in [1.165, 1.54) is 82.3 Å². The third kappa shape index (κ3) is 12.0. The van der Waals surface area contributed by atoms with E-state index in [2.05, 4.69) is 53.5 Å². The molecule has 0 saturated heterocycles. The standard InChI is InChI=1S/C31H52O3.C6H5NO2/c1-21(2)13-10-14-22(3)15-11-16-23(4)17-12-19-31(9)20-18-28-26(7)29(33-27(8)32)24(5)25(6)30(28)34-31;8-6(9)5-2-1-3-7-4-5/h21-23H,10-20H2,1-9H3;1-4H,(H,8,9)/t22-,23-,31-;/m1./s1. The molecule has 3 rings (SSSR count). The summed E-state index contributed by atoms with van der Waals surface area (Å²) in [5.74, 6) is 3.05. The Hall–Kier alpha value is -2.89. The molecule has 0 radical (unpaired) electrons. The zero-order valence-corrected chi connectivity index (χ0v) is 28.3. The topological polar surface area (TPSA) is 85.7 Å². The van der Waals surface area contributed by atoms with Crippen LogP contribution >= 0.6 is 0 Å². The Morgan fingerprint density at radius 2 is 1.56 bits per heavy atom. The van der Waals surface area contributed by atoms with Crippen molar-refractivity contribution in [3.63, 3.8) is 0 Å². The number of nitrogens with zero attached hydrogens (tertiary/aromatic N) is 1. The van der Waals surface area contributed by atoms with Crippen LogP contribution < -0.4 is 9.47 Å². The molecule has 1 aliphatic heterocycles. The molecule has 0 spiro atoms. The zero-order valence-electron chi connectivity index (χ0n) is 28.3. The number of hydrogen-bond donors (Lipinski definition) is 1. The van der Waals surface area contributed by atoms with Gasteiger partial charge < -0.3 is 14.6 Å². The molecule has 0 aliphatic carbocycles. The molecule has 2 heterocycles. The Bertz CT molecular complexity index is 1180. The summed E-state index contributed by atoms with van der Waals surface area (Å²) >= 11 is 0. The van der Waals surface area contributed by atoms with Crippen molar-refractivity contribution in [2.75, 3.05) is 0 Å². The molecule has 1 N–H and O–H groups in total. The van der Waals surface area contributed by atoms with Gasteiger partial charge >= 0.3 is 11.9 Å². The minimum atomic E-state index is -0.942. The van der Waals surface area contributed by atoms with Gasteiger partial charge in [-0.3, -0.25) is 9.78 Å². The molecule has 0 fully saturated rings. The molecule has 0 saturated carbocycles. The van der Waals surface area contributed by atoms with Crippen LogP contribution in [0.15, 0.2) is 24.5 Å². The number of hydrogen-bond acceptors (Lipinski definition) is 5. The summed E-state index contributed by atoms with van der Waals surface area (Å²) in [4.78, 5) is 25.4. The SMILES string of the molecule is CC(=O)Oc1c(C)c(C)c2c(c1C)CC[C@@](C)(CCC[C@H](C)CCC[C@H](C)CCCC(C)C)O2.O=C(O)c1cccnc1. The lowest BCUT2D eigenvalue weighted by molar-refractivity contribution is -0.132. The van der Waals surface area contributed by atoms with E-state index in [-0.39, 0.29) is 17.1 Å². The first-order chi connectivity index (χ1) is 20.2. The van der Waals surface area contributed by atoms with Gasteiger partial charge in [-0.05, 0) is 100.0 Å². The Labute approximate surface area is 261 Å². The second-order valence-electron chi connectivity index (χ2n) is 13.6. The van der Waals surface area contributed by atoms with Crippen LogP contribution in [0.1, 0.15) is 138 Å². The first kappa shape index (κ1) is 36.3. The summed E-state index contributed by atoms with van der Waals surface area (Å²) in [6.45, 7) is 19.5. The van der Waals surface area contributed by atoms with Gasteiger partial charge in [0.2, 0.25) is 0 Å². The van der Waals surface area contributed by atoms with Gasteiger partial charge in [-0.15, -0.1) is 0 Å². The van der Waals surface area contributed by atoms with Crippen molar-refractivity contribution >= 4 is 11.9 Å². The highest BCUT2D eigenvalue weighted by Crippen LogP contribution is 2.45. The average Bonchev–Trinajstić information content (AvgIpc) is 2.94. The normalized spacial score (nSPS) is 17.3. The lowest BCUT2D eigenvalue weighted by atomic mass is 9.83. The number of pyridine rings is 1. The fourth-order valence-electron chi connectivity index (χ4n) is 6.05. The number of carboxylic acid groups (broad SMARTS) is 1. The van der Waals surface area contributed by atoms with Gasteiger partial charge in [-0.25, -0.2) is 4.79 Å². The van der Waals surface area contributed by atoms with Gasteiger partial charge in [-0.2, -0.15) is 0 Å². The van der Waals surface area contributed by atoms with Crippen LogP contribution in [0.5, 0.6) is 11.5 Å². The third-order valence-electron chi connectivity index (χ3n) is 8.99. The Balaban J connectivity index is 0.000000609. The number of carboxylic acids is 1. The summed E-state index contributed by atoms with van der Waals surface area (Å²) in [6.07, 6.45) is 16.7. The van der Waals surface area contributed by atoms with Crippen LogP contribution in [0.2, 0.25) is 0 Å². The van der Waals surface area contributed by atoms with Crippen LogP contribution in [0.4, 0.5) is 0 Å². The number of carbonyl (C=O) groups excluding carboxylic acids is 1. The molecule has 0 bridgehead atoms. The summed E-state index contributed by atoms with van der Waals surface area (Å²) in [5, 5.41) is 8.34. The average molecular weight is 596 g/mol. The van der Waals surface area contributed by atoms with Gasteiger partial charge in [0.05, 0.1) is 5.56 Å². The Morgan fingerprint density at radius 1 is 0.953 bits per heavy atom. The van der Waals surface area contributed by atoms with Crippen molar-refractivity contribution in [3.8, 4) is 11.5 Å². The van der Waals surface area contributed by atoms with E-state index in [0.29, 0.717) is 0 Å². The quantitative estimate of drug-likeness (QED) is 0.173. The summed E-state index contributed by atoms with van der Waals surface area (Å²) in [6, 6.07) is 3.08. The molecular formula is C37H57NO5. The fourth-order valence-corrected chi connectivity index (χ4v) is 6.05. The van der Waals surface area contributed by atoms with E-state index in [4.69, 9.17) is 14.6 Å². The van der Waals surface area contributed by atoms with Crippen molar-refractivity contribution in [3.05, 3.63) is 52.3 Å². The van der Waals surface area contributed by atoms with Gasteiger partial charge in [0.25, 0.3) is 0 Å². The number of aromatic nitrogens is 1. The first-order valence-corrected chi connectivity index (χ1v) is 16.4. The zero-order chi connectivity index (χ0) is 32.2. The summed E-state index contributed by atoms with van der Waals surface area (Å²) in [7, 11) is 0. The molecule has 1 aliphatic rings. The van der Waals surface area contributed by atoms with E-state index in [0.717, 1.165) is 65.2 Å². The van der Waals surface area contributed by atoms with Gasteiger partial charge in [0.1, 0.15) is 17.1 Å². The van der Waals surface area contributed by atoms with Crippen molar-refractivity contribution in [1.82, 2.24) is 4.98 Å². The Kier molecular flexibility index (Phi) is 14.7. The third-order valence-corrected chi connectivity index (χ3v) is 8.99. The molecular weight excluding hydrogens is 538 g/mol. The highest BCUT2D eigenvalue weighted by atomic mass is 16.5. The minimum absolute atomic E-state index is 0.107. The maximum atomic E-state index is 11.6. The molecule has 6 heteroatoms. The number of fused-ring (bicyclic) bond motifs is 1. The maximum Gasteiger partial charge on any atom is 0.337 e. The molecule has 1 aromatic heterocycles. The number of carbonyl (C=O) groups is 2. The second-order valence-corrected chi connectivity index (χ2v) is 13.6. The highest BCUT2D eigenvalue weighted by molar-refractivity contribution is 5.86. The van der Waals surface area contributed by atoms with Crippen LogP contribution in [0.25, 0.3) is 0 Å². The molecule has 0 unspecified atom stereocenters. The van der Waals surface area contributed by atoms with Crippen LogP contribution in [-0.4, -0.2) is 27.6 Å². The smallest absolute Gasteiger partial charge is 0.337 e. The monoisotopic (exact) mass is 595 g/mol. The van der Waals surface area contributed by atoms with Crippen molar-refractivity contribution in [1.29, 1.82) is 0 Å². The van der Waals surface area contributed by atoms with Crippen molar-refractivity contribution in [2.45, 2.75) is 139 Å². The molecule has 3 atom stereocenters. The second kappa shape index (κ2) is 17.4. The van der Waals surface area contributed by atoms with E-state index in [1.54, 1.807) is 6.07 Å². The molecule has 2 aromatic rings. The van der Waals surface area contributed by atoms with Crippen LogP contribution in [-0.2, 0) is 11.2 Å². The van der Waals surface area contributed by atoms with Gasteiger partial charge in [0, 0.05) is 24.9 Å². The predicted molar refractivity (Wildman–Crippen MR) is 175 cm³/mol. The number of benzene rings is 1. The largest absolute Gasteiger partial charge is 0.487 e. The van der Waals surface area contributed by atoms with Gasteiger partial charge in [0.15, 0.2) is 0 Å². The maximum absolute atomic E-state index is 11.6. The lowest BCUT2D eigenvalue weighted by Gasteiger charge is -2.38. The number of esters is 1. The van der Waals surface area contributed by atoms with E-state index < -0.39 is 5.97 Å². The van der Waals surface area contributed by atoms with E-state index >= 15 is 0 Å². The fraction of sp³-hybridized carbons (Fsp3) is 0.649. The summed E-state index contributed by atoms with van der Waals surface area (Å²) < 4.78 is 12.2. The van der Waals surface area contributed by atoms with Crippen LogP contribution in [0, 0.1) is 38.5 Å². The lowest BCUT2D eigenvalue weighted by Crippen LogP contribution is -2.37. The molecule has 1 aromatic carbocycles. The van der Waals surface area contributed by atoms with Crippen LogP contribution in [0.3, 0.4) is 0 Å². The number of aromatic carboxylic acids is 1. The van der Waals surface area contributed by atoms with E-state index in [9.17, 15) is 9.59 Å². The van der Waals surface area contributed by atoms with Crippen molar-refractivity contribution in [2.24, 2.45) is 17.8 Å². The number of rotatable bonds is 14. The van der Waals surface area contributed by atoms with E-state index in [1.807, 2.05) is 6.92 Å². The number of ether oxygens (including phenoxy) is 2. The summed E-state index contributed by atoms with van der Waals surface area (Å²) in [5.41, 5.74) is 4.51. The van der Waals surface area contributed by atoms with Gasteiger partial charge in [-0.1, -0.05) is 72.6 Å². The Morgan fingerprint density at radius 3 is 2.07 bits per heavy atom. The highest BCUT2D eigenvalue weighted by Gasteiger charge is 2.34. The minimum Gasteiger partial charge on any atom is -0.487 e. The molecule has 43 heavy (non-hydrogen) atoms. The molecule has 0 amide bonds. The first-order valence-electron chi connectivity index (χ1n) is 16.4. The molecule has 240 valence electrons. The predicted octanol–water partition coefficient (Wildman–Crippen LogP) is 9.84.